The smallest absolute Gasteiger partial charge is 0.172 e. The monoisotopic (exact) mass is 400 g/mol. The van der Waals surface area contributed by atoms with Gasteiger partial charge in [-0.25, -0.2) is 0 Å². The summed E-state index contributed by atoms with van der Waals surface area (Å²) in [5, 5.41) is 12.0. The summed E-state index contributed by atoms with van der Waals surface area (Å²) >= 11 is 14.9. The Balaban J connectivity index is 2.02. The molecule has 2 rings (SSSR count). The van der Waals surface area contributed by atoms with Gasteiger partial charge in [0, 0.05) is 17.8 Å². The maximum absolute atomic E-state index is 6.18. The van der Waals surface area contributed by atoms with Gasteiger partial charge in [-0.15, -0.1) is 0 Å². The summed E-state index contributed by atoms with van der Waals surface area (Å²) in [6, 6.07) is 7.74. The van der Waals surface area contributed by atoms with Gasteiger partial charge in [0.2, 0.25) is 0 Å². The van der Waals surface area contributed by atoms with E-state index in [4.69, 9.17) is 23.8 Å². The molecule has 1 aromatic heterocycles. The summed E-state index contributed by atoms with van der Waals surface area (Å²) in [4.78, 5) is 0. The predicted molar refractivity (Wildman–Crippen MR) is 99.5 cm³/mol. The number of hydrogen-bond donors (Lipinski definition) is 2. The van der Waals surface area contributed by atoms with Crippen molar-refractivity contribution in [1.29, 1.82) is 0 Å². The average molecular weight is 402 g/mol. The van der Waals surface area contributed by atoms with Gasteiger partial charge in [-0.3, -0.25) is 4.68 Å². The highest BCUT2D eigenvalue weighted by Gasteiger charge is 2.09. The van der Waals surface area contributed by atoms with Crippen molar-refractivity contribution in [3.8, 4) is 0 Å². The van der Waals surface area contributed by atoms with Crippen molar-refractivity contribution in [1.82, 2.24) is 15.1 Å². The van der Waals surface area contributed by atoms with E-state index in [1.165, 1.54) is 0 Å². The van der Waals surface area contributed by atoms with Crippen LogP contribution in [0.1, 0.15) is 19.4 Å². The first-order valence-electron chi connectivity index (χ1n) is 6.97. The molecule has 1 heterocycles. The van der Waals surface area contributed by atoms with Gasteiger partial charge in [0.1, 0.15) is 0 Å². The molecule has 0 saturated heterocycles. The van der Waals surface area contributed by atoms with Crippen LogP contribution in [-0.4, -0.2) is 21.4 Å². The number of nitrogens with one attached hydrogen (secondary N) is 2. The van der Waals surface area contributed by atoms with Gasteiger partial charge in [0.05, 0.1) is 11.0 Å². The first-order valence-corrected chi connectivity index (χ1v) is 8.55. The minimum absolute atomic E-state index is 0.529. The van der Waals surface area contributed by atoms with E-state index in [2.05, 4.69) is 45.5 Å². The average Bonchev–Trinajstić information content (AvgIpc) is 2.79. The van der Waals surface area contributed by atoms with E-state index >= 15 is 0 Å². The van der Waals surface area contributed by atoms with Gasteiger partial charge >= 0.3 is 0 Å². The minimum atomic E-state index is 0.529. The summed E-state index contributed by atoms with van der Waals surface area (Å²) in [6.07, 6.45) is 1.90. The maximum Gasteiger partial charge on any atom is 0.172 e. The third-order valence-electron chi connectivity index (χ3n) is 2.91. The van der Waals surface area contributed by atoms with Crippen molar-refractivity contribution in [3.63, 3.8) is 0 Å². The van der Waals surface area contributed by atoms with Gasteiger partial charge in [-0.2, -0.15) is 5.10 Å². The summed E-state index contributed by atoms with van der Waals surface area (Å²) in [6.45, 7) is 5.68. The van der Waals surface area contributed by atoms with E-state index in [-0.39, 0.29) is 0 Å². The SMILES string of the molecule is CC(C)CNC(=S)Nc1nn(Cc2ccccc2Cl)cc1Br. The zero-order valence-corrected chi connectivity index (χ0v) is 15.6. The zero-order chi connectivity index (χ0) is 16.1. The van der Waals surface area contributed by atoms with Crippen LogP contribution in [0.3, 0.4) is 0 Å². The molecule has 0 spiro atoms. The molecule has 1 aromatic carbocycles. The quantitative estimate of drug-likeness (QED) is 0.733. The molecule has 4 nitrogen and oxygen atoms in total. The van der Waals surface area contributed by atoms with Gasteiger partial charge in [-0.05, 0) is 45.7 Å². The molecular weight excluding hydrogens is 384 g/mol. The van der Waals surface area contributed by atoms with Crippen LogP contribution in [-0.2, 0) is 6.54 Å². The second-order valence-electron chi connectivity index (χ2n) is 5.34. The Morgan fingerprint density at radius 2 is 2.14 bits per heavy atom. The molecule has 0 aliphatic carbocycles. The standard InChI is InChI=1S/C15H18BrClN4S/c1-10(2)7-18-15(22)19-14-12(16)9-21(20-14)8-11-5-3-4-6-13(11)17/h3-6,9-10H,7-8H2,1-2H3,(H2,18,19,20,22). The molecule has 0 amide bonds. The molecule has 0 fully saturated rings. The van der Waals surface area contributed by atoms with Crippen LogP contribution in [0.5, 0.6) is 0 Å². The first-order chi connectivity index (χ1) is 10.5. The van der Waals surface area contributed by atoms with E-state index in [1.807, 2.05) is 35.1 Å². The number of nitrogens with zero attached hydrogens (tertiary/aromatic N) is 2. The van der Waals surface area contributed by atoms with Crippen LogP contribution < -0.4 is 10.6 Å². The number of benzene rings is 1. The summed E-state index contributed by atoms with van der Waals surface area (Å²) in [5.41, 5.74) is 1.02. The minimum Gasteiger partial charge on any atom is -0.362 e. The number of anilines is 1. The van der Waals surface area contributed by atoms with Crippen molar-refractivity contribution >= 4 is 50.7 Å². The molecule has 0 aliphatic heterocycles. The number of thiocarbonyl (C=S) groups is 1. The Kier molecular flexibility index (Phi) is 6.23. The highest BCUT2D eigenvalue weighted by molar-refractivity contribution is 9.10. The number of rotatable bonds is 5. The van der Waals surface area contributed by atoms with Gasteiger partial charge < -0.3 is 10.6 Å². The number of halogens is 2. The van der Waals surface area contributed by atoms with E-state index in [0.29, 0.717) is 23.4 Å². The fourth-order valence-corrected chi connectivity index (χ4v) is 2.60. The Morgan fingerprint density at radius 3 is 2.82 bits per heavy atom. The van der Waals surface area contributed by atoms with Gasteiger partial charge in [0.25, 0.3) is 0 Å². The molecule has 0 bridgehead atoms. The van der Waals surface area contributed by atoms with Crippen LogP contribution in [0.25, 0.3) is 0 Å². The Bertz CT molecular complexity index is 657. The molecule has 0 saturated carbocycles. The Hall–Kier alpha value is -1.11. The van der Waals surface area contributed by atoms with E-state index in [0.717, 1.165) is 21.6 Å². The summed E-state index contributed by atoms with van der Waals surface area (Å²) in [5.74, 6) is 1.22. The van der Waals surface area contributed by atoms with Gasteiger partial charge in [0.15, 0.2) is 10.9 Å². The van der Waals surface area contributed by atoms with Crippen molar-refractivity contribution in [3.05, 3.63) is 45.5 Å². The molecular formula is C15H18BrClN4S. The largest absolute Gasteiger partial charge is 0.362 e. The van der Waals surface area contributed by atoms with Crippen LogP contribution in [0.2, 0.25) is 5.02 Å². The molecule has 0 aliphatic rings. The molecule has 0 radical (unpaired) electrons. The summed E-state index contributed by atoms with van der Waals surface area (Å²) < 4.78 is 2.67. The van der Waals surface area contributed by atoms with E-state index < -0.39 is 0 Å². The number of hydrogen-bond acceptors (Lipinski definition) is 2. The number of aromatic nitrogens is 2. The van der Waals surface area contributed by atoms with Crippen molar-refractivity contribution in [2.75, 3.05) is 11.9 Å². The van der Waals surface area contributed by atoms with Crippen LogP contribution >= 0.6 is 39.7 Å². The van der Waals surface area contributed by atoms with Crippen LogP contribution in [0, 0.1) is 5.92 Å². The molecule has 118 valence electrons. The van der Waals surface area contributed by atoms with Crippen LogP contribution in [0.15, 0.2) is 34.9 Å². The fourth-order valence-electron chi connectivity index (χ4n) is 1.81. The van der Waals surface area contributed by atoms with Crippen molar-refractivity contribution in [2.45, 2.75) is 20.4 Å². The first kappa shape index (κ1) is 17.2. The highest BCUT2D eigenvalue weighted by Crippen LogP contribution is 2.22. The Labute approximate surface area is 149 Å². The zero-order valence-electron chi connectivity index (χ0n) is 12.4. The second-order valence-corrected chi connectivity index (χ2v) is 7.01. The predicted octanol–water partition coefficient (Wildman–Crippen LogP) is 4.29. The summed E-state index contributed by atoms with van der Waals surface area (Å²) in [7, 11) is 0. The lowest BCUT2D eigenvalue weighted by molar-refractivity contribution is 0.627. The lowest BCUT2D eigenvalue weighted by Crippen LogP contribution is -2.31. The molecule has 7 heteroatoms. The molecule has 0 atom stereocenters. The molecule has 22 heavy (non-hydrogen) atoms. The van der Waals surface area contributed by atoms with E-state index in [1.54, 1.807) is 0 Å². The van der Waals surface area contributed by atoms with Crippen molar-refractivity contribution in [2.24, 2.45) is 5.92 Å². The topological polar surface area (TPSA) is 41.9 Å². The normalized spacial score (nSPS) is 10.8. The lowest BCUT2D eigenvalue weighted by Gasteiger charge is -2.10. The van der Waals surface area contributed by atoms with E-state index in [9.17, 15) is 0 Å². The highest BCUT2D eigenvalue weighted by atomic mass is 79.9. The maximum atomic E-state index is 6.18. The lowest BCUT2D eigenvalue weighted by atomic mass is 10.2. The van der Waals surface area contributed by atoms with Gasteiger partial charge in [-0.1, -0.05) is 43.6 Å². The van der Waals surface area contributed by atoms with Crippen LogP contribution in [0.4, 0.5) is 5.82 Å². The fraction of sp³-hybridized carbons (Fsp3) is 0.333. The van der Waals surface area contributed by atoms with Crippen molar-refractivity contribution < 1.29 is 0 Å². The Morgan fingerprint density at radius 1 is 1.41 bits per heavy atom. The molecule has 2 N–H and O–H groups in total. The molecule has 2 aromatic rings. The molecule has 0 unspecified atom stereocenters. The second kappa shape index (κ2) is 7.94. The third kappa shape index (κ3) is 4.97. The third-order valence-corrected chi connectivity index (χ3v) is 4.11.